The molecule has 6 heteroatoms. The Hall–Kier alpha value is -1.40. The van der Waals surface area contributed by atoms with E-state index in [4.69, 9.17) is 5.73 Å². The van der Waals surface area contributed by atoms with Gasteiger partial charge in [0.25, 0.3) is 0 Å². The Morgan fingerprint density at radius 2 is 1.90 bits per heavy atom. The molecule has 2 rings (SSSR count). The summed E-state index contributed by atoms with van der Waals surface area (Å²) in [6.07, 6.45) is -1.82. The summed E-state index contributed by atoms with van der Waals surface area (Å²) in [7, 11) is 0. The first-order valence-electron chi connectivity index (χ1n) is 5.89. The third kappa shape index (κ3) is 3.37. The molecule has 0 saturated heterocycles. The molecule has 0 bridgehead atoms. The first-order chi connectivity index (χ1) is 9.39. The maximum Gasteiger partial charge on any atom is 0.416 e. The Labute approximate surface area is 123 Å². The van der Waals surface area contributed by atoms with E-state index in [-0.39, 0.29) is 5.56 Å². The first kappa shape index (κ1) is 15.0. The molecule has 0 spiro atoms. The van der Waals surface area contributed by atoms with Crippen LogP contribution in [-0.2, 0) is 12.6 Å². The van der Waals surface area contributed by atoms with Crippen LogP contribution in [0.5, 0.6) is 0 Å². The van der Waals surface area contributed by atoms with Crippen molar-refractivity contribution < 1.29 is 13.2 Å². The molecule has 0 amide bonds. The zero-order valence-corrected chi connectivity index (χ0v) is 11.9. The van der Waals surface area contributed by atoms with Gasteiger partial charge in [0.15, 0.2) is 0 Å². The highest BCUT2D eigenvalue weighted by atomic mass is 79.9. The van der Waals surface area contributed by atoms with Crippen molar-refractivity contribution in [3.05, 3.63) is 63.9 Å². The minimum atomic E-state index is -4.43. The summed E-state index contributed by atoms with van der Waals surface area (Å²) in [5, 5.41) is 0. The highest BCUT2D eigenvalue weighted by molar-refractivity contribution is 9.10. The summed E-state index contributed by atoms with van der Waals surface area (Å²) in [5.41, 5.74) is 6.07. The molecule has 0 saturated carbocycles. The Morgan fingerprint density at radius 3 is 2.55 bits per heavy atom. The van der Waals surface area contributed by atoms with Crippen LogP contribution >= 0.6 is 15.9 Å². The molecule has 1 unspecified atom stereocenters. The quantitative estimate of drug-likeness (QED) is 0.910. The molecule has 1 heterocycles. The maximum atomic E-state index is 12.9. The summed E-state index contributed by atoms with van der Waals surface area (Å²) in [6.45, 7) is 0. The van der Waals surface area contributed by atoms with Gasteiger partial charge >= 0.3 is 6.18 Å². The van der Waals surface area contributed by atoms with Crippen molar-refractivity contribution in [1.82, 2.24) is 4.98 Å². The van der Waals surface area contributed by atoms with Crippen LogP contribution in [0, 0.1) is 0 Å². The molecule has 2 nitrogen and oxygen atoms in total. The molecule has 0 aliphatic rings. The average molecular weight is 345 g/mol. The standard InChI is InChI=1S/C14H12BrF3N2/c15-12-4-2-1-3-9(12)7-13(19)10-8-20-6-5-11(10)14(16,17)18/h1-6,8,13H,7,19H2. The lowest BCUT2D eigenvalue weighted by Gasteiger charge is -2.18. The second kappa shape index (κ2) is 5.93. The summed E-state index contributed by atoms with van der Waals surface area (Å²) in [5.74, 6) is 0. The van der Waals surface area contributed by atoms with Crippen LogP contribution in [0.3, 0.4) is 0 Å². The zero-order valence-electron chi connectivity index (χ0n) is 10.4. The molecule has 0 aliphatic carbocycles. The summed E-state index contributed by atoms with van der Waals surface area (Å²) in [4.78, 5) is 3.75. The highest BCUT2D eigenvalue weighted by Crippen LogP contribution is 2.34. The molecule has 0 fully saturated rings. The number of pyridine rings is 1. The number of benzene rings is 1. The fourth-order valence-electron chi connectivity index (χ4n) is 1.97. The number of hydrogen-bond acceptors (Lipinski definition) is 2. The summed E-state index contributed by atoms with van der Waals surface area (Å²) >= 11 is 3.36. The highest BCUT2D eigenvalue weighted by Gasteiger charge is 2.34. The fourth-order valence-corrected chi connectivity index (χ4v) is 2.42. The normalized spacial score (nSPS) is 13.2. The van der Waals surface area contributed by atoms with Crippen molar-refractivity contribution in [2.45, 2.75) is 18.6 Å². The average Bonchev–Trinajstić information content (AvgIpc) is 2.40. The van der Waals surface area contributed by atoms with Gasteiger partial charge in [0, 0.05) is 22.9 Å². The van der Waals surface area contributed by atoms with Crippen molar-refractivity contribution in [2.24, 2.45) is 5.73 Å². The van der Waals surface area contributed by atoms with Crippen LogP contribution in [0.25, 0.3) is 0 Å². The fraction of sp³-hybridized carbons (Fsp3) is 0.214. The molecular formula is C14H12BrF3N2. The van der Waals surface area contributed by atoms with Crippen LogP contribution < -0.4 is 5.73 Å². The van der Waals surface area contributed by atoms with Gasteiger partial charge in [0.05, 0.1) is 5.56 Å². The molecule has 1 atom stereocenters. The van der Waals surface area contributed by atoms with Crippen molar-refractivity contribution in [2.75, 3.05) is 0 Å². The number of rotatable bonds is 3. The lowest BCUT2D eigenvalue weighted by Crippen LogP contribution is -2.19. The van der Waals surface area contributed by atoms with Gasteiger partial charge in [0.1, 0.15) is 0 Å². The van der Waals surface area contributed by atoms with Crippen LogP contribution in [0.1, 0.15) is 22.7 Å². The number of nitrogens with zero attached hydrogens (tertiary/aromatic N) is 1. The molecule has 0 radical (unpaired) electrons. The van der Waals surface area contributed by atoms with E-state index in [2.05, 4.69) is 20.9 Å². The minimum Gasteiger partial charge on any atom is -0.324 e. The van der Waals surface area contributed by atoms with Gasteiger partial charge in [-0.3, -0.25) is 4.98 Å². The summed E-state index contributed by atoms with van der Waals surface area (Å²) < 4.78 is 39.6. The van der Waals surface area contributed by atoms with E-state index in [9.17, 15) is 13.2 Å². The molecule has 2 N–H and O–H groups in total. The SMILES string of the molecule is NC(Cc1ccccc1Br)c1cnccc1C(F)(F)F. The minimum absolute atomic E-state index is 0.00996. The molecule has 2 aromatic rings. The first-order valence-corrected chi connectivity index (χ1v) is 6.69. The number of hydrogen-bond donors (Lipinski definition) is 1. The number of alkyl halides is 3. The van der Waals surface area contributed by atoms with Crippen molar-refractivity contribution >= 4 is 15.9 Å². The van der Waals surface area contributed by atoms with Gasteiger partial charge in [-0.25, -0.2) is 0 Å². The van der Waals surface area contributed by atoms with Crippen molar-refractivity contribution in [3.63, 3.8) is 0 Å². The van der Waals surface area contributed by atoms with E-state index in [0.29, 0.717) is 6.42 Å². The van der Waals surface area contributed by atoms with Gasteiger partial charge in [0.2, 0.25) is 0 Å². The lowest BCUT2D eigenvalue weighted by atomic mass is 9.97. The van der Waals surface area contributed by atoms with E-state index < -0.39 is 17.8 Å². The Kier molecular flexibility index (Phi) is 4.45. The van der Waals surface area contributed by atoms with E-state index in [1.54, 1.807) is 0 Å². The van der Waals surface area contributed by atoms with E-state index in [1.807, 2.05) is 24.3 Å². The second-order valence-electron chi connectivity index (χ2n) is 4.36. The Morgan fingerprint density at radius 1 is 1.20 bits per heavy atom. The number of halogens is 4. The van der Waals surface area contributed by atoms with Gasteiger partial charge < -0.3 is 5.73 Å². The monoisotopic (exact) mass is 344 g/mol. The van der Waals surface area contributed by atoms with Gasteiger partial charge in [-0.15, -0.1) is 0 Å². The smallest absolute Gasteiger partial charge is 0.324 e. The van der Waals surface area contributed by atoms with E-state index in [0.717, 1.165) is 22.3 Å². The van der Waals surface area contributed by atoms with Crippen LogP contribution in [0.15, 0.2) is 47.2 Å². The van der Waals surface area contributed by atoms with Crippen LogP contribution in [-0.4, -0.2) is 4.98 Å². The van der Waals surface area contributed by atoms with E-state index in [1.165, 1.54) is 6.20 Å². The topological polar surface area (TPSA) is 38.9 Å². The van der Waals surface area contributed by atoms with Gasteiger partial charge in [-0.05, 0) is 29.7 Å². The summed E-state index contributed by atoms with van der Waals surface area (Å²) in [6, 6.07) is 7.50. The molecule has 106 valence electrons. The molecule has 1 aromatic heterocycles. The van der Waals surface area contributed by atoms with Crippen molar-refractivity contribution in [1.29, 1.82) is 0 Å². The van der Waals surface area contributed by atoms with Crippen LogP contribution in [0.2, 0.25) is 0 Å². The van der Waals surface area contributed by atoms with Gasteiger partial charge in [-0.1, -0.05) is 34.1 Å². The molecule has 1 aromatic carbocycles. The Balaban J connectivity index is 2.31. The Bertz CT molecular complexity index is 599. The number of nitrogens with two attached hydrogens (primary N) is 1. The lowest BCUT2D eigenvalue weighted by molar-refractivity contribution is -0.138. The molecule has 20 heavy (non-hydrogen) atoms. The third-order valence-electron chi connectivity index (χ3n) is 2.95. The number of aromatic nitrogens is 1. The molecular weight excluding hydrogens is 333 g/mol. The van der Waals surface area contributed by atoms with E-state index >= 15 is 0 Å². The third-order valence-corrected chi connectivity index (χ3v) is 3.73. The predicted molar refractivity (Wildman–Crippen MR) is 74.0 cm³/mol. The van der Waals surface area contributed by atoms with Crippen molar-refractivity contribution in [3.8, 4) is 0 Å². The second-order valence-corrected chi connectivity index (χ2v) is 5.22. The predicted octanol–water partition coefficient (Wildman–Crippen LogP) is 4.11. The zero-order chi connectivity index (χ0) is 14.8. The largest absolute Gasteiger partial charge is 0.416 e. The molecule has 0 aliphatic heterocycles. The van der Waals surface area contributed by atoms with Crippen LogP contribution in [0.4, 0.5) is 13.2 Å². The van der Waals surface area contributed by atoms with Gasteiger partial charge in [-0.2, -0.15) is 13.2 Å². The maximum absolute atomic E-state index is 12.9.